The Balaban J connectivity index is 0.000000433. The van der Waals surface area contributed by atoms with E-state index < -0.39 is 0 Å². The van der Waals surface area contributed by atoms with Crippen LogP contribution in [0.5, 0.6) is 0 Å². The highest BCUT2D eigenvalue weighted by Crippen LogP contribution is 2.45. The zero-order valence-electron chi connectivity index (χ0n) is 12.8. The van der Waals surface area contributed by atoms with E-state index in [4.69, 9.17) is 9.21 Å². The normalized spacial score (nSPS) is 13.3. The summed E-state index contributed by atoms with van der Waals surface area (Å²) in [4.78, 5) is 13.0. The molecule has 4 N–H and O–H groups in total. The highest BCUT2D eigenvalue weighted by atomic mass is 19.1. The lowest BCUT2D eigenvalue weighted by Gasteiger charge is -2.12. The van der Waals surface area contributed by atoms with E-state index in [0.717, 1.165) is 29.7 Å². The van der Waals surface area contributed by atoms with Crippen molar-refractivity contribution in [3.63, 3.8) is 0 Å². The smallest absolute Gasteiger partial charge is 0.221 e. The van der Waals surface area contributed by atoms with Crippen LogP contribution in [0.3, 0.4) is 0 Å². The van der Waals surface area contributed by atoms with Crippen molar-refractivity contribution in [3.8, 4) is 0 Å². The minimum absolute atomic E-state index is 0.131. The van der Waals surface area contributed by atoms with Crippen LogP contribution in [0.2, 0.25) is 0 Å². The summed E-state index contributed by atoms with van der Waals surface area (Å²) in [6.07, 6.45) is 9.27. The van der Waals surface area contributed by atoms with Crippen molar-refractivity contribution in [2.24, 2.45) is 5.84 Å². The van der Waals surface area contributed by atoms with E-state index in [2.05, 4.69) is 16.1 Å². The van der Waals surface area contributed by atoms with Crippen LogP contribution in [-0.4, -0.2) is 18.4 Å². The average molecular weight is 318 g/mol. The monoisotopic (exact) mass is 318 g/mol. The molecule has 0 bridgehead atoms. The second-order valence-corrected chi connectivity index (χ2v) is 4.93. The maximum atomic E-state index is 14.0. The van der Waals surface area contributed by atoms with Gasteiger partial charge in [-0.1, -0.05) is 0 Å². The molecule has 0 spiro atoms. The van der Waals surface area contributed by atoms with Crippen LogP contribution in [0.1, 0.15) is 35.8 Å². The zero-order chi connectivity index (χ0) is 16.7. The molecule has 1 saturated carbocycles. The number of nitrogens with zero attached hydrogens (tertiary/aromatic N) is 1. The van der Waals surface area contributed by atoms with Crippen LogP contribution in [0, 0.1) is 5.82 Å². The van der Waals surface area contributed by atoms with Gasteiger partial charge >= 0.3 is 0 Å². The Morgan fingerprint density at radius 2 is 2.13 bits per heavy atom. The maximum Gasteiger partial charge on any atom is 0.221 e. The summed E-state index contributed by atoms with van der Waals surface area (Å²) in [5, 5.41) is 3.11. The first-order valence-electron chi connectivity index (χ1n) is 7.18. The second-order valence-electron chi connectivity index (χ2n) is 4.93. The number of rotatable bonds is 5. The molecular formula is C16H19FN4O2. The second kappa shape index (κ2) is 8.09. The van der Waals surface area contributed by atoms with Crippen LogP contribution < -0.4 is 16.6 Å². The lowest BCUT2D eigenvalue weighted by molar-refractivity contribution is -0.109. The van der Waals surface area contributed by atoms with Crippen LogP contribution >= 0.6 is 0 Å². The predicted octanol–water partition coefficient (Wildman–Crippen LogP) is 2.51. The first kappa shape index (κ1) is 16.7. The van der Waals surface area contributed by atoms with Gasteiger partial charge in [-0.3, -0.25) is 10.2 Å². The van der Waals surface area contributed by atoms with E-state index in [1.165, 1.54) is 12.3 Å². The van der Waals surface area contributed by atoms with Crippen molar-refractivity contribution in [3.05, 3.63) is 47.4 Å². The van der Waals surface area contributed by atoms with Crippen LogP contribution in [-0.2, 0) is 4.79 Å². The number of aromatic nitrogens is 1. The highest BCUT2D eigenvalue weighted by Gasteiger charge is 2.29. The molecule has 0 radical (unpaired) electrons. The third-order valence-electron chi connectivity index (χ3n) is 3.40. The first-order chi connectivity index (χ1) is 11.2. The number of hydrogen-bond donors (Lipinski definition) is 3. The molecule has 1 aromatic heterocycles. The molecule has 7 heteroatoms. The van der Waals surface area contributed by atoms with Gasteiger partial charge < -0.3 is 9.73 Å². The Hall–Kier alpha value is -2.67. The fourth-order valence-corrected chi connectivity index (χ4v) is 2.27. The molecule has 2 aromatic rings. The van der Waals surface area contributed by atoms with Crippen molar-refractivity contribution in [1.82, 2.24) is 10.4 Å². The number of benzene rings is 1. The van der Waals surface area contributed by atoms with E-state index in [-0.39, 0.29) is 5.82 Å². The number of amides is 1. The van der Waals surface area contributed by atoms with Crippen molar-refractivity contribution < 1.29 is 13.6 Å². The fraction of sp³-hybridized carbons (Fsp3) is 0.250. The number of carbonyl (C=O) groups excluding carboxylic acids is 1. The SMILES string of the molecule is CNc1ccc(F)c(C2CC2)c1/C=C/c1ncco1.NNC=O. The number of hydrazine groups is 1. The highest BCUT2D eigenvalue weighted by molar-refractivity contribution is 5.77. The van der Waals surface area contributed by atoms with Crippen LogP contribution in [0.25, 0.3) is 12.2 Å². The summed E-state index contributed by atoms with van der Waals surface area (Å²) in [6.45, 7) is 0. The lowest BCUT2D eigenvalue weighted by Crippen LogP contribution is -2.18. The molecule has 1 amide bonds. The van der Waals surface area contributed by atoms with Gasteiger partial charge in [0.1, 0.15) is 12.1 Å². The molecule has 23 heavy (non-hydrogen) atoms. The minimum atomic E-state index is -0.131. The van der Waals surface area contributed by atoms with E-state index in [9.17, 15) is 4.39 Å². The molecule has 1 aliphatic carbocycles. The Kier molecular flexibility index (Phi) is 5.87. The number of oxazole rings is 1. The summed E-state index contributed by atoms with van der Waals surface area (Å²) in [6, 6.07) is 3.29. The van der Waals surface area contributed by atoms with E-state index >= 15 is 0 Å². The Bertz CT molecular complexity index is 667. The standard InChI is InChI=1S/C15H15FN2O.CH4N2O/c1-17-13-6-5-12(16)15(10-2-3-10)11(13)4-7-14-18-8-9-19-14;2-3-1-4/h4-10,17H,2-3H2,1H3;1H,2H2,(H,3,4)/b7-4+;. The van der Waals surface area contributed by atoms with Crippen molar-refractivity contribution >= 4 is 24.2 Å². The molecule has 0 aliphatic heterocycles. The zero-order valence-corrected chi connectivity index (χ0v) is 12.8. The quantitative estimate of drug-likeness (QED) is 0.341. The summed E-state index contributed by atoms with van der Waals surface area (Å²) < 4.78 is 19.2. The third kappa shape index (κ3) is 4.40. The van der Waals surface area contributed by atoms with E-state index in [1.54, 1.807) is 23.8 Å². The Labute approximate surface area is 133 Å². The topological polar surface area (TPSA) is 93.2 Å². The molecule has 0 atom stereocenters. The van der Waals surface area contributed by atoms with Gasteiger partial charge in [-0.05, 0) is 37.0 Å². The molecular weight excluding hydrogens is 299 g/mol. The van der Waals surface area contributed by atoms with Gasteiger partial charge in [-0.2, -0.15) is 0 Å². The molecule has 0 saturated heterocycles. The van der Waals surface area contributed by atoms with Gasteiger partial charge in [-0.25, -0.2) is 15.2 Å². The number of hydrogen-bond acceptors (Lipinski definition) is 5. The minimum Gasteiger partial charge on any atom is -0.445 e. The number of carbonyl (C=O) groups is 1. The summed E-state index contributed by atoms with van der Waals surface area (Å²) in [5.41, 5.74) is 4.36. The number of anilines is 1. The Morgan fingerprint density at radius 3 is 2.65 bits per heavy atom. The molecule has 1 aromatic carbocycles. The third-order valence-corrected chi connectivity index (χ3v) is 3.40. The van der Waals surface area contributed by atoms with Gasteiger partial charge in [0, 0.05) is 29.9 Å². The first-order valence-corrected chi connectivity index (χ1v) is 7.18. The fourth-order valence-electron chi connectivity index (χ4n) is 2.27. The Morgan fingerprint density at radius 1 is 1.39 bits per heavy atom. The van der Waals surface area contributed by atoms with Gasteiger partial charge in [0.25, 0.3) is 0 Å². The molecule has 1 heterocycles. The van der Waals surface area contributed by atoms with Crippen LogP contribution in [0.15, 0.2) is 29.0 Å². The molecule has 122 valence electrons. The molecule has 3 rings (SSSR count). The number of halogens is 1. The largest absolute Gasteiger partial charge is 0.445 e. The van der Waals surface area contributed by atoms with Crippen LogP contribution in [0.4, 0.5) is 10.1 Å². The van der Waals surface area contributed by atoms with Gasteiger partial charge in [0.05, 0.1) is 6.20 Å². The molecule has 6 nitrogen and oxygen atoms in total. The summed E-state index contributed by atoms with van der Waals surface area (Å²) in [5.74, 6) is 5.15. The predicted molar refractivity (Wildman–Crippen MR) is 86.7 cm³/mol. The van der Waals surface area contributed by atoms with Gasteiger partial charge in [-0.15, -0.1) is 0 Å². The van der Waals surface area contributed by atoms with Crippen molar-refractivity contribution in [2.75, 3.05) is 12.4 Å². The van der Waals surface area contributed by atoms with Crippen molar-refractivity contribution in [1.29, 1.82) is 0 Å². The number of nitrogens with one attached hydrogen (secondary N) is 2. The average Bonchev–Trinajstić information content (AvgIpc) is 3.27. The lowest BCUT2D eigenvalue weighted by atomic mass is 10.00. The summed E-state index contributed by atoms with van der Waals surface area (Å²) in [7, 11) is 1.84. The van der Waals surface area contributed by atoms with E-state index in [0.29, 0.717) is 18.2 Å². The molecule has 0 unspecified atom stereocenters. The van der Waals surface area contributed by atoms with Crippen molar-refractivity contribution in [2.45, 2.75) is 18.8 Å². The van der Waals surface area contributed by atoms with Gasteiger partial charge in [0.15, 0.2) is 0 Å². The van der Waals surface area contributed by atoms with Gasteiger partial charge in [0.2, 0.25) is 12.3 Å². The summed E-state index contributed by atoms with van der Waals surface area (Å²) >= 11 is 0. The maximum absolute atomic E-state index is 14.0. The number of nitrogens with two attached hydrogens (primary N) is 1. The molecule has 1 fully saturated rings. The molecule has 1 aliphatic rings. The van der Waals surface area contributed by atoms with E-state index in [1.807, 2.05) is 13.1 Å².